The van der Waals surface area contributed by atoms with Gasteiger partial charge in [0.1, 0.15) is 10.0 Å². The second-order valence-electron chi connectivity index (χ2n) is 13.0. The summed E-state index contributed by atoms with van der Waals surface area (Å²) < 4.78 is 18.2. The quantitative estimate of drug-likeness (QED) is 0.125. The van der Waals surface area contributed by atoms with Crippen molar-refractivity contribution in [3.8, 4) is 38.4 Å². The van der Waals surface area contributed by atoms with Crippen LogP contribution in [-0.2, 0) is 13.1 Å². The standard InChI is InChI=1S/C25H26N4O4S.C15H16N4S/c1-29(2)14-15-8-17(25-28-19-6-7-26-13-22(19)34-25)10-18(9-15)27-24(30)16-11-20(31-3)23(33-5)21(12-16)32-4;1-19(2)9-10-5-11(7-12(16)6-10)15-18-13-3-4-17-8-14(13)20-15/h6-13H,14H2,1-5H3,(H,27,30);3-8H,9,16H2,1-2H3. The summed E-state index contributed by atoms with van der Waals surface area (Å²) in [5.41, 5.74) is 14.0. The third kappa shape index (κ3) is 9.09. The number of nitrogens with zero attached hydrogens (tertiary/aromatic N) is 6. The summed E-state index contributed by atoms with van der Waals surface area (Å²) in [5.74, 6) is 0.970. The Bertz CT molecular complexity index is 2320. The SMILES string of the molecule is CN(C)Cc1cc(N)cc(-c2nc3ccncc3s2)c1.COc1cc(C(=O)Nc2cc(CN(C)C)cc(-c3nc4ccncc4s3)c2)cc(OC)c1OC. The van der Waals surface area contributed by atoms with Crippen molar-refractivity contribution in [2.45, 2.75) is 13.1 Å². The van der Waals surface area contributed by atoms with Crippen molar-refractivity contribution in [2.24, 2.45) is 0 Å². The molecule has 12 nitrogen and oxygen atoms in total. The number of fused-ring (bicyclic) bond motifs is 2. The molecule has 4 heterocycles. The molecule has 4 aromatic heterocycles. The molecule has 278 valence electrons. The lowest BCUT2D eigenvalue weighted by Crippen LogP contribution is -2.14. The molecule has 0 atom stereocenters. The van der Waals surface area contributed by atoms with Crippen LogP contribution in [0.5, 0.6) is 17.2 Å². The Hall–Kier alpha value is -5.67. The summed E-state index contributed by atoms with van der Waals surface area (Å²) in [6.07, 6.45) is 7.16. The van der Waals surface area contributed by atoms with E-state index in [1.54, 1.807) is 47.2 Å². The van der Waals surface area contributed by atoms with Gasteiger partial charge in [0.25, 0.3) is 5.91 Å². The molecule has 0 aliphatic carbocycles. The van der Waals surface area contributed by atoms with Gasteiger partial charge < -0.3 is 35.1 Å². The Labute approximate surface area is 322 Å². The average molecular weight is 763 g/mol. The Morgan fingerprint density at radius 3 is 1.70 bits per heavy atom. The van der Waals surface area contributed by atoms with Crippen molar-refractivity contribution in [3.63, 3.8) is 0 Å². The first-order valence-electron chi connectivity index (χ1n) is 16.9. The predicted molar refractivity (Wildman–Crippen MR) is 219 cm³/mol. The van der Waals surface area contributed by atoms with Crippen molar-refractivity contribution < 1.29 is 19.0 Å². The van der Waals surface area contributed by atoms with Crippen LogP contribution >= 0.6 is 22.7 Å². The Morgan fingerprint density at radius 1 is 0.704 bits per heavy atom. The summed E-state index contributed by atoms with van der Waals surface area (Å²) in [7, 11) is 12.7. The van der Waals surface area contributed by atoms with Crippen LogP contribution in [0, 0.1) is 0 Å². The minimum absolute atomic E-state index is 0.291. The number of nitrogens with one attached hydrogen (secondary N) is 1. The molecule has 0 unspecified atom stereocenters. The molecule has 0 fully saturated rings. The number of nitrogen functional groups attached to an aromatic ring is 1. The Balaban J connectivity index is 0.000000210. The highest BCUT2D eigenvalue weighted by Crippen LogP contribution is 2.39. The minimum Gasteiger partial charge on any atom is -0.493 e. The molecule has 0 aliphatic heterocycles. The lowest BCUT2D eigenvalue weighted by molar-refractivity contribution is 0.102. The van der Waals surface area contributed by atoms with Gasteiger partial charge in [0.05, 0.1) is 41.8 Å². The van der Waals surface area contributed by atoms with Crippen LogP contribution in [0.4, 0.5) is 11.4 Å². The van der Waals surface area contributed by atoms with Gasteiger partial charge in [0.15, 0.2) is 11.5 Å². The van der Waals surface area contributed by atoms with E-state index >= 15 is 0 Å². The van der Waals surface area contributed by atoms with Crippen LogP contribution in [0.2, 0.25) is 0 Å². The van der Waals surface area contributed by atoms with E-state index in [9.17, 15) is 4.79 Å². The molecule has 3 aromatic carbocycles. The van der Waals surface area contributed by atoms with Crippen molar-refractivity contribution in [2.75, 3.05) is 60.6 Å². The number of amides is 1. The lowest BCUT2D eigenvalue weighted by Gasteiger charge is -2.15. The number of benzene rings is 3. The fourth-order valence-electron chi connectivity index (χ4n) is 5.86. The second kappa shape index (κ2) is 17.0. The molecule has 0 spiro atoms. The maximum atomic E-state index is 13.2. The van der Waals surface area contributed by atoms with E-state index in [-0.39, 0.29) is 5.91 Å². The highest BCUT2D eigenvalue weighted by molar-refractivity contribution is 7.22. The van der Waals surface area contributed by atoms with Gasteiger partial charge in [-0.15, -0.1) is 22.7 Å². The maximum Gasteiger partial charge on any atom is 0.255 e. The topological polar surface area (TPSA) is 141 Å². The number of anilines is 2. The minimum atomic E-state index is -0.291. The Kier molecular flexibility index (Phi) is 12.0. The van der Waals surface area contributed by atoms with Crippen LogP contribution < -0.4 is 25.3 Å². The van der Waals surface area contributed by atoms with Gasteiger partial charge >= 0.3 is 0 Å². The van der Waals surface area contributed by atoms with E-state index < -0.39 is 0 Å². The number of nitrogens with two attached hydrogens (primary N) is 1. The van der Waals surface area contributed by atoms with Crippen LogP contribution in [0.25, 0.3) is 41.6 Å². The zero-order chi connectivity index (χ0) is 38.4. The molecule has 7 rings (SSSR count). The summed E-state index contributed by atoms with van der Waals surface area (Å²) in [6.45, 7) is 1.58. The summed E-state index contributed by atoms with van der Waals surface area (Å²) >= 11 is 3.21. The van der Waals surface area contributed by atoms with Crippen molar-refractivity contribution in [3.05, 3.63) is 102 Å². The second-order valence-corrected chi connectivity index (χ2v) is 15.0. The van der Waals surface area contributed by atoms with Gasteiger partial charge in [-0.05, 0) is 100.0 Å². The molecule has 7 aromatic rings. The van der Waals surface area contributed by atoms with Crippen molar-refractivity contribution in [1.82, 2.24) is 29.7 Å². The molecule has 0 saturated heterocycles. The van der Waals surface area contributed by atoms with Gasteiger partial charge in [0.2, 0.25) is 5.75 Å². The zero-order valence-corrected chi connectivity index (χ0v) is 32.8. The highest BCUT2D eigenvalue weighted by atomic mass is 32.1. The number of hydrogen-bond acceptors (Lipinski definition) is 13. The zero-order valence-electron chi connectivity index (χ0n) is 31.2. The van der Waals surface area contributed by atoms with E-state index in [2.05, 4.69) is 42.2 Å². The van der Waals surface area contributed by atoms with Crippen LogP contribution in [0.3, 0.4) is 0 Å². The normalized spacial score (nSPS) is 11.1. The fourth-order valence-corrected chi connectivity index (χ4v) is 7.70. The van der Waals surface area contributed by atoms with Crippen molar-refractivity contribution in [1.29, 1.82) is 0 Å². The third-order valence-corrected chi connectivity index (χ3v) is 10.2. The summed E-state index contributed by atoms with van der Waals surface area (Å²) in [4.78, 5) is 35.1. The average Bonchev–Trinajstić information content (AvgIpc) is 3.79. The predicted octanol–water partition coefficient (Wildman–Crippen LogP) is 7.70. The first-order valence-corrected chi connectivity index (χ1v) is 18.5. The number of thiazole rings is 2. The monoisotopic (exact) mass is 762 g/mol. The molecule has 0 radical (unpaired) electrons. The number of ether oxygens (including phenoxy) is 3. The van der Waals surface area contributed by atoms with Crippen LogP contribution in [0.1, 0.15) is 21.5 Å². The van der Waals surface area contributed by atoms with Crippen molar-refractivity contribution >= 4 is 60.4 Å². The molecule has 1 amide bonds. The first-order chi connectivity index (χ1) is 26.0. The van der Waals surface area contributed by atoms with Gasteiger partial charge in [0, 0.05) is 65.9 Å². The van der Waals surface area contributed by atoms with Crippen LogP contribution in [-0.4, -0.2) is 85.2 Å². The van der Waals surface area contributed by atoms with Gasteiger partial charge in [-0.2, -0.15) is 0 Å². The summed E-state index contributed by atoms with van der Waals surface area (Å²) in [6, 6.07) is 19.2. The molecule has 54 heavy (non-hydrogen) atoms. The number of aromatic nitrogens is 4. The molecular formula is C40H42N8O4S2. The highest BCUT2D eigenvalue weighted by Gasteiger charge is 2.18. The van der Waals surface area contributed by atoms with E-state index in [0.717, 1.165) is 59.4 Å². The number of carbonyl (C=O) groups is 1. The number of pyridine rings is 2. The van der Waals surface area contributed by atoms with E-state index in [1.165, 1.54) is 26.9 Å². The Morgan fingerprint density at radius 2 is 1.22 bits per heavy atom. The third-order valence-electron chi connectivity index (χ3n) is 8.07. The molecule has 0 bridgehead atoms. The van der Waals surface area contributed by atoms with Gasteiger partial charge in [-0.3, -0.25) is 14.8 Å². The maximum absolute atomic E-state index is 13.2. The number of rotatable bonds is 11. The smallest absolute Gasteiger partial charge is 0.255 e. The number of carbonyl (C=O) groups excluding carboxylic acids is 1. The molecule has 0 saturated carbocycles. The molecule has 3 N–H and O–H groups in total. The molecule has 14 heteroatoms. The van der Waals surface area contributed by atoms with E-state index in [1.807, 2.05) is 77.0 Å². The first kappa shape index (κ1) is 38.1. The fraction of sp³-hybridized carbons (Fsp3) is 0.225. The lowest BCUT2D eigenvalue weighted by atomic mass is 10.1. The van der Waals surface area contributed by atoms with Crippen LogP contribution in [0.15, 0.2) is 85.5 Å². The van der Waals surface area contributed by atoms with E-state index in [0.29, 0.717) is 35.0 Å². The van der Waals surface area contributed by atoms with E-state index in [4.69, 9.17) is 24.9 Å². The van der Waals surface area contributed by atoms with Gasteiger partial charge in [-0.1, -0.05) is 0 Å². The van der Waals surface area contributed by atoms with Gasteiger partial charge in [-0.25, -0.2) is 9.97 Å². The summed E-state index contributed by atoms with van der Waals surface area (Å²) in [5, 5.41) is 4.86. The number of methoxy groups -OCH3 is 3. The molecule has 0 aliphatic rings. The number of hydrogen-bond donors (Lipinski definition) is 2. The largest absolute Gasteiger partial charge is 0.493 e. The molecular weight excluding hydrogens is 721 g/mol.